The highest BCUT2D eigenvalue weighted by Crippen LogP contribution is 2.31. The molecule has 0 amide bonds. The summed E-state index contributed by atoms with van der Waals surface area (Å²) in [4.78, 5) is 0. The molecule has 3 nitrogen and oxygen atoms in total. The summed E-state index contributed by atoms with van der Waals surface area (Å²) < 4.78 is 24.5. The molecule has 0 radical (unpaired) electrons. The van der Waals surface area contributed by atoms with E-state index in [1.165, 1.54) is 17.7 Å². The molecular weight excluding hydrogens is 377 g/mol. The second kappa shape index (κ2) is 10.1. The fourth-order valence-electron chi connectivity index (χ4n) is 2.87. The number of nitrogens with one attached hydrogen (secondary N) is 1. The average Bonchev–Trinajstić information content (AvgIpc) is 2.72. The van der Waals surface area contributed by atoms with E-state index in [4.69, 9.17) is 21.1 Å². The van der Waals surface area contributed by atoms with Crippen LogP contribution in [0.2, 0.25) is 5.02 Å². The van der Waals surface area contributed by atoms with Gasteiger partial charge in [0.1, 0.15) is 12.4 Å². The molecule has 28 heavy (non-hydrogen) atoms. The summed E-state index contributed by atoms with van der Waals surface area (Å²) in [6.45, 7) is 1.83. The number of hydrogen-bond donors (Lipinski definition) is 1. The number of ether oxygens (including phenoxy) is 2. The zero-order chi connectivity index (χ0) is 19.8. The Morgan fingerprint density at radius 2 is 1.64 bits per heavy atom. The highest BCUT2D eigenvalue weighted by molar-refractivity contribution is 6.30. The summed E-state index contributed by atoms with van der Waals surface area (Å²) >= 11 is 5.92. The molecule has 3 rings (SSSR count). The quantitative estimate of drug-likeness (QED) is 0.489. The zero-order valence-electron chi connectivity index (χ0n) is 15.8. The second-order valence-corrected chi connectivity index (χ2v) is 6.85. The fraction of sp³-hybridized carbons (Fsp3) is 0.217. The van der Waals surface area contributed by atoms with Gasteiger partial charge in [-0.2, -0.15) is 0 Å². The van der Waals surface area contributed by atoms with E-state index >= 15 is 0 Å². The number of hydrogen-bond acceptors (Lipinski definition) is 3. The van der Waals surface area contributed by atoms with Crippen molar-refractivity contribution in [3.05, 3.63) is 94.3 Å². The van der Waals surface area contributed by atoms with Crippen molar-refractivity contribution in [2.45, 2.75) is 19.6 Å². The van der Waals surface area contributed by atoms with Gasteiger partial charge in [0.2, 0.25) is 0 Å². The lowest BCUT2D eigenvalue weighted by Crippen LogP contribution is -2.17. The van der Waals surface area contributed by atoms with Gasteiger partial charge in [-0.1, -0.05) is 48.0 Å². The molecule has 0 bridgehead atoms. The third kappa shape index (κ3) is 5.72. The van der Waals surface area contributed by atoms with E-state index in [-0.39, 0.29) is 5.82 Å². The Kier molecular flexibility index (Phi) is 7.29. The number of benzene rings is 3. The standard InChI is InChI=1S/C23H23ClFNO2/c1-27-22-4-2-3-19(15-26-14-13-17-5-9-20(24)10-6-17)23(22)28-16-18-7-11-21(25)12-8-18/h2-12,26H,13-16H2,1H3. The lowest BCUT2D eigenvalue weighted by atomic mass is 10.1. The average molecular weight is 400 g/mol. The summed E-state index contributed by atoms with van der Waals surface area (Å²) in [5.74, 6) is 1.12. The highest BCUT2D eigenvalue weighted by Gasteiger charge is 2.11. The van der Waals surface area contributed by atoms with Crippen LogP contribution >= 0.6 is 11.6 Å². The summed E-state index contributed by atoms with van der Waals surface area (Å²) in [5, 5.41) is 4.19. The van der Waals surface area contributed by atoms with Crippen LogP contribution in [0, 0.1) is 5.82 Å². The van der Waals surface area contributed by atoms with Gasteiger partial charge in [-0.25, -0.2) is 4.39 Å². The molecule has 0 saturated heterocycles. The third-order valence-corrected chi connectivity index (χ3v) is 4.65. The van der Waals surface area contributed by atoms with Crippen molar-refractivity contribution in [3.63, 3.8) is 0 Å². The van der Waals surface area contributed by atoms with Crippen molar-refractivity contribution in [2.75, 3.05) is 13.7 Å². The molecule has 0 saturated carbocycles. The lowest BCUT2D eigenvalue weighted by Gasteiger charge is -2.16. The van der Waals surface area contributed by atoms with Crippen molar-refractivity contribution in [2.24, 2.45) is 0 Å². The Morgan fingerprint density at radius 1 is 0.929 bits per heavy atom. The van der Waals surface area contributed by atoms with Gasteiger partial charge in [-0.3, -0.25) is 0 Å². The predicted molar refractivity (Wildman–Crippen MR) is 111 cm³/mol. The molecule has 3 aromatic rings. The Bertz CT molecular complexity index is 882. The maximum Gasteiger partial charge on any atom is 0.166 e. The Labute approximate surface area is 170 Å². The summed E-state index contributed by atoms with van der Waals surface area (Å²) in [6, 6.07) is 20.0. The molecule has 0 atom stereocenters. The maximum atomic E-state index is 13.1. The smallest absolute Gasteiger partial charge is 0.166 e. The Balaban J connectivity index is 1.60. The van der Waals surface area contributed by atoms with Gasteiger partial charge < -0.3 is 14.8 Å². The number of para-hydroxylation sites is 1. The monoisotopic (exact) mass is 399 g/mol. The van der Waals surface area contributed by atoms with Crippen molar-refractivity contribution in [3.8, 4) is 11.5 Å². The summed E-state index contributed by atoms with van der Waals surface area (Å²) in [7, 11) is 1.62. The van der Waals surface area contributed by atoms with Crippen LogP contribution in [-0.2, 0) is 19.6 Å². The van der Waals surface area contributed by atoms with Crippen LogP contribution in [0.15, 0.2) is 66.7 Å². The SMILES string of the molecule is COc1cccc(CNCCc2ccc(Cl)cc2)c1OCc1ccc(F)cc1. The van der Waals surface area contributed by atoms with E-state index in [9.17, 15) is 4.39 Å². The van der Waals surface area contributed by atoms with Gasteiger partial charge in [0.25, 0.3) is 0 Å². The molecule has 0 aliphatic rings. The fourth-order valence-corrected chi connectivity index (χ4v) is 2.99. The topological polar surface area (TPSA) is 30.5 Å². The Hall–Kier alpha value is -2.56. The second-order valence-electron chi connectivity index (χ2n) is 6.42. The van der Waals surface area contributed by atoms with E-state index < -0.39 is 0 Å². The molecule has 0 heterocycles. The van der Waals surface area contributed by atoms with E-state index in [0.717, 1.165) is 29.1 Å². The van der Waals surface area contributed by atoms with Crippen LogP contribution in [0.4, 0.5) is 4.39 Å². The van der Waals surface area contributed by atoms with Crippen molar-refractivity contribution in [1.29, 1.82) is 0 Å². The lowest BCUT2D eigenvalue weighted by molar-refractivity contribution is 0.280. The van der Waals surface area contributed by atoms with Crippen molar-refractivity contribution in [1.82, 2.24) is 5.32 Å². The number of halogens is 2. The van der Waals surface area contributed by atoms with Crippen LogP contribution < -0.4 is 14.8 Å². The first kappa shape index (κ1) is 20.2. The van der Waals surface area contributed by atoms with Crippen LogP contribution in [0.3, 0.4) is 0 Å². The Morgan fingerprint density at radius 3 is 2.36 bits per heavy atom. The van der Waals surface area contributed by atoms with Gasteiger partial charge in [0.15, 0.2) is 11.5 Å². The minimum atomic E-state index is -0.258. The zero-order valence-corrected chi connectivity index (χ0v) is 16.5. The van der Waals surface area contributed by atoms with Crippen molar-refractivity contribution < 1.29 is 13.9 Å². The summed E-state index contributed by atoms with van der Waals surface area (Å²) in [5.41, 5.74) is 3.14. The van der Waals surface area contributed by atoms with E-state index in [1.54, 1.807) is 19.2 Å². The molecular formula is C23H23ClFNO2. The number of methoxy groups -OCH3 is 1. The van der Waals surface area contributed by atoms with Gasteiger partial charge in [-0.15, -0.1) is 0 Å². The van der Waals surface area contributed by atoms with Crippen LogP contribution in [0.5, 0.6) is 11.5 Å². The first-order valence-electron chi connectivity index (χ1n) is 9.14. The normalized spacial score (nSPS) is 10.7. The van der Waals surface area contributed by atoms with Crippen LogP contribution in [0.25, 0.3) is 0 Å². The first-order valence-corrected chi connectivity index (χ1v) is 9.52. The van der Waals surface area contributed by atoms with Gasteiger partial charge in [-0.05, 0) is 54.4 Å². The largest absolute Gasteiger partial charge is 0.493 e. The minimum absolute atomic E-state index is 0.258. The van der Waals surface area contributed by atoms with Gasteiger partial charge >= 0.3 is 0 Å². The van der Waals surface area contributed by atoms with Crippen LogP contribution in [-0.4, -0.2) is 13.7 Å². The van der Waals surface area contributed by atoms with Gasteiger partial charge in [0.05, 0.1) is 7.11 Å². The molecule has 3 aromatic carbocycles. The summed E-state index contributed by atoms with van der Waals surface area (Å²) in [6.07, 6.45) is 0.910. The van der Waals surface area contributed by atoms with Gasteiger partial charge in [0, 0.05) is 17.1 Å². The van der Waals surface area contributed by atoms with Crippen LogP contribution in [0.1, 0.15) is 16.7 Å². The molecule has 1 N–H and O–H groups in total. The molecule has 0 fully saturated rings. The molecule has 0 aliphatic carbocycles. The maximum absolute atomic E-state index is 13.1. The minimum Gasteiger partial charge on any atom is -0.493 e. The molecule has 0 aromatic heterocycles. The molecule has 0 spiro atoms. The highest BCUT2D eigenvalue weighted by atomic mass is 35.5. The number of rotatable bonds is 9. The predicted octanol–water partition coefficient (Wildman–Crippen LogP) is 5.40. The molecule has 0 unspecified atom stereocenters. The molecule has 146 valence electrons. The van der Waals surface area contributed by atoms with Crippen molar-refractivity contribution >= 4 is 11.6 Å². The third-order valence-electron chi connectivity index (χ3n) is 4.40. The van der Waals surface area contributed by atoms with E-state index in [0.29, 0.717) is 24.7 Å². The molecule has 5 heteroatoms. The molecule has 0 aliphatic heterocycles. The van der Waals surface area contributed by atoms with E-state index in [2.05, 4.69) is 5.32 Å². The van der Waals surface area contributed by atoms with E-state index in [1.807, 2.05) is 42.5 Å². The first-order chi connectivity index (χ1) is 13.7.